The Balaban J connectivity index is 2.04. The zero-order valence-corrected chi connectivity index (χ0v) is 12.5. The Bertz CT molecular complexity index is 643. The molecule has 2 aromatic carbocycles. The van der Waals surface area contributed by atoms with Crippen molar-refractivity contribution in [2.24, 2.45) is 0 Å². The minimum atomic E-state index is -0.370. The van der Waals surface area contributed by atoms with Gasteiger partial charge in [-0.2, -0.15) is 0 Å². The molecule has 2 aromatic rings. The van der Waals surface area contributed by atoms with Crippen LogP contribution in [0.2, 0.25) is 0 Å². The van der Waals surface area contributed by atoms with Gasteiger partial charge in [-0.25, -0.2) is 0 Å². The highest BCUT2D eigenvalue weighted by molar-refractivity contribution is 6.17. The molecular weight excluding hydrogens is 290 g/mol. The number of aryl methyl sites for hydroxylation is 1. The molecule has 0 fully saturated rings. The van der Waals surface area contributed by atoms with E-state index in [9.17, 15) is 10.1 Å². The molecule has 0 aliphatic carbocycles. The summed E-state index contributed by atoms with van der Waals surface area (Å²) < 4.78 is 5.71. The second kappa shape index (κ2) is 7.09. The molecule has 110 valence electrons. The molecule has 0 unspecified atom stereocenters. The van der Waals surface area contributed by atoms with Crippen LogP contribution >= 0.6 is 11.6 Å². The lowest BCUT2D eigenvalue weighted by Gasteiger charge is -2.11. The van der Waals surface area contributed by atoms with Gasteiger partial charge < -0.3 is 4.74 Å². The molecule has 0 aromatic heterocycles. The predicted octanol–water partition coefficient (Wildman–Crippen LogP) is 4.26. The molecule has 0 aliphatic rings. The number of nitrogens with zero attached hydrogens (tertiary/aromatic N) is 1. The minimum Gasteiger partial charge on any atom is -0.493 e. The zero-order chi connectivity index (χ0) is 15.2. The first-order valence-corrected chi connectivity index (χ1v) is 7.16. The number of para-hydroxylation sites is 1. The summed E-state index contributed by atoms with van der Waals surface area (Å²) in [6.45, 7) is 2.37. The molecule has 4 nitrogen and oxygen atoms in total. The van der Waals surface area contributed by atoms with Gasteiger partial charge in [0, 0.05) is 23.6 Å². The molecule has 0 amide bonds. The first-order chi connectivity index (χ1) is 10.1. The van der Waals surface area contributed by atoms with Gasteiger partial charge in [0.25, 0.3) is 5.69 Å². The quantitative estimate of drug-likeness (QED) is 0.455. The molecular formula is C16H16ClNO3. The summed E-state index contributed by atoms with van der Waals surface area (Å²) >= 11 is 5.90. The summed E-state index contributed by atoms with van der Waals surface area (Å²) in [6.07, 6.45) is 0.479. The summed E-state index contributed by atoms with van der Waals surface area (Å²) in [5, 5.41) is 10.9. The number of alkyl halides is 1. The van der Waals surface area contributed by atoms with Gasteiger partial charge in [-0.1, -0.05) is 35.9 Å². The molecule has 0 bridgehead atoms. The maximum absolute atomic E-state index is 10.9. The second-order valence-electron chi connectivity index (χ2n) is 4.73. The van der Waals surface area contributed by atoms with Gasteiger partial charge in [0.2, 0.25) is 0 Å². The van der Waals surface area contributed by atoms with Crippen LogP contribution in [-0.4, -0.2) is 11.5 Å². The maximum Gasteiger partial charge on any atom is 0.272 e. The van der Waals surface area contributed by atoms with Gasteiger partial charge in [-0.15, -0.1) is 11.6 Å². The fourth-order valence-electron chi connectivity index (χ4n) is 2.12. The Morgan fingerprint density at radius 1 is 1.19 bits per heavy atom. The van der Waals surface area contributed by atoms with E-state index in [4.69, 9.17) is 16.3 Å². The number of hydrogen-bond acceptors (Lipinski definition) is 3. The molecule has 0 aliphatic heterocycles. The molecule has 5 heteroatoms. The third-order valence-electron chi connectivity index (χ3n) is 3.18. The van der Waals surface area contributed by atoms with Gasteiger partial charge in [0.1, 0.15) is 5.75 Å². The van der Waals surface area contributed by atoms with Gasteiger partial charge in [-0.3, -0.25) is 10.1 Å². The molecule has 21 heavy (non-hydrogen) atoms. The van der Waals surface area contributed by atoms with Crippen LogP contribution in [0.15, 0.2) is 42.5 Å². The standard InChI is InChI=1S/C16H16ClNO3/c1-12-6-7-16(14(10-12)11-17)21-9-8-13-4-2-3-5-15(13)18(19)20/h2-7,10H,8-9,11H2,1H3. The topological polar surface area (TPSA) is 52.4 Å². The first-order valence-electron chi connectivity index (χ1n) is 6.62. The van der Waals surface area contributed by atoms with Crippen molar-refractivity contribution in [2.75, 3.05) is 6.61 Å². The van der Waals surface area contributed by atoms with Crippen LogP contribution in [0, 0.1) is 17.0 Å². The normalized spacial score (nSPS) is 10.4. The van der Waals surface area contributed by atoms with Crippen molar-refractivity contribution in [1.29, 1.82) is 0 Å². The van der Waals surface area contributed by atoms with E-state index >= 15 is 0 Å². The zero-order valence-electron chi connectivity index (χ0n) is 11.7. The smallest absolute Gasteiger partial charge is 0.272 e. The highest BCUT2D eigenvalue weighted by atomic mass is 35.5. The number of hydrogen-bond donors (Lipinski definition) is 0. The van der Waals surface area contributed by atoms with Crippen LogP contribution in [0.4, 0.5) is 5.69 Å². The van der Waals surface area contributed by atoms with Gasteiger partial charge >= 0.3 is 0 Å². The molecule has 0 heterocycles. The number of rotatable bonds is 6. The summed E-state index contributed by atoms with van der Waals surface area (Å²) in [7, 11) is 0. The SMILES string of the molecule is Cc1ccc(OCCc2ccccc2[N+](=O)[O-])c(CCl)c1. The lowest BCUT2D eigenvalue weighted by molar-refractivity contribution is -0.385. The average molecular weight is 306 g/mol. The number of nitro benzene ring substituents is 1. The van der Waals surface area contributed by atoms with E-state index in [-0.39, 0.29) is 10.6 Å². The van der Waals surface area contributed by atoms with E-state index < -0.39 is 0 Å². The van der Waals surface area contributed by atoms with E-state index in [2.05, 4.69) is 0 Å². The predicted molar refractivity (Wildman–Crippen MR) is 83.0 cm³/mol. The van der Waals surface area contributed by atoms with Crippen molar-refractivity contribution in [1.82, 2.24) is 0 Å². The van der Waals surface area contributed by atoms with E-state index in [1.54, 1.807) is 18.2 Å². The fourth-order valence-corrected chi connectivity index (χ4v) is 2.33. The van der Waals surface area contributed by atoms with Crippen LogP contribution in [-0.2, 0) is 12.3 Å². The molecule has 0 radical (unpaired) electrons. The van der Waals surface area contributed by atoms with Crippen molar-refractivity contribution < 1.29 is 9.66 Å². The Morgan fingerprint density at radius 2 is 1.95 bits per heavy atom. The van der Waals surface area contributed by atoms with E-state index in [0.717, 1.165) is 16.9 Å². The lowest BCUT2D eigenvalue weighted by Crippen LogP contribution is -2.05. The van der Waals surface area contributed by atoms with Crippen LogP contribution < -0.4 is 4.74 Å². The first kappa shape index (κ1) is 15.3. The summed E-state index contributed by atoms with van der Waals surface area (Å²) in [4.78, 5) is 10.6. The largest absolute Gasteiger partial charge is 0.493 e. The Hall–Kier alpha value is -2.07. The molecule has 0 spiro atoms. The third-order valence-corrected chi connectivity index (χ3v) is 3.47. The number of ether oxygens (including phenoxy) is 1. The second-order valence-corrected chi connectivity index (χ2v) is 5.00. The molecule has 0 N–H and O–H groups in total. The van der Waals surface area contributed by atoms with Gasteiger partial charge in [-0.05, 0) is 13.0 Å². The summed E-state index contributed by atoms with van der Waals surface area (Å²) in [5.41, 5.74) is 2.85. The molecule has 0 atom stereocenters. The van der Waals surface area contributed by atoms with E-state index in [1.165, 1.54) is 6.07 Å². The average Bonchev–Trinajstić information content (AvgIpc) is 2.49. The minimum absolute atomic E-state index is 0.127. The molecule has 0 saturated carbocycles. The molecule has 2 rings (SSSR count). The van der Waals surface area contributed by atoms with Crippen molar-refractivity contribution in [2.45, 2.75) is 19.2 Å². The van der Waals surface area contributed by atoms with Gasteiger partial charge in [0.15, 0.2) is 0 Å². The highest BCUT2D eigenvalue weighted by Crippen LogP contribution is 2.23. The Morgan fingerprint density at radius 3 is 2.67 bits per heavy atom. The maximum atomic E-state index is 10.9. The summed E-state index contributed by atoms with van der Waals surface area (Å²) in [5.74, 6) is 1.11. The highest BCUT2D eigenvalue weighted by Gasteiger charge is 2.12. The Kier molecular flexibility index (Phi) is 5.17. The van der Waals surface area contributed by atoms with E-state index in [1.807, 2.05) is 25.1 Å². The van der Waals surface area contributed by atoms with Crippen LogP contribution in [0.5, 0.6) is 5.75 Å². The van der Waals surface area contributed by atoms with Crippen molar-refractivity contribution in [3.05, 3.63) is 69.3 Å². The lowest BCUT2D eigenvalue weighted by atomic mass is 10.1. The van der Waals surface area contributed by atoms with Crippen molar-refractivity contribution in [3.63, 3.8) is 0 Å². The van der Waals surface area contributed by atoms with Crippen LogP contribution in [0.1, 0.15) is 16.7 Å². The fraction of sp³-hybridized carbons (Fsp3) is 0.250. The van der Waals surface area contributed by atoms with Crippen LogP contribution in [0.25, 0.3) is 0 Å². The number of halogens is 1. The molecule has 0 saturated heterocycles. The number of benzene rings is 2. The van der Waals surface area contributed by atoms with Crippen LogP contribution in [0.3, 0.4) is 0 Å². The third kappa shape index (κ3) is 3.95. The van der Waals surface area contributed by atoms with Gasteiger partial charge in [0.05, 0.1) is 17.4 Å². The Labute approximate surface area is 128 Å². The monoisotopic (exact) mass is 305 g/mol. The van der Waals surface area contributed by atoms with Crippen molar-refractivity contribution >= 4 is 17.3 Å². The summed E-state index contributed by atoms with van der Waals surface area (Å²) in [6, 6.07) is 12.5. The van der Waals surface area contributed by atoms with E-state index in [0.29, 0.717) is 24.5 Å². The number of nitro groups is 1. The van der Waals surface area contributed by atoms with Crippen molar-refractivity contribution in [3.8, 4) is 5.75 Å².